The summed E-state index contributed by atoms with van der Waals surface area (Å²) in [6.45, 7) is 9.03. The number of nitrogens with zero attached hydrogens (tertiary/aromatic N) is 4. The van der Waals surface area contributed by atoms with Gasteiger partial charge in [0, 0.05) is 50.1 Å². The van der Waals surface area contributed by atoms with Gasteiger partial charge in [-0.05, 0) is 114 Å². The average molecular weight is 748 g/mol. The lowest BCUT2D eigenvalue weighted by Gasteiger charge is -2.17. The predicted molar refractivity (Wildman–Crippen MR) is 242 cm³/mol. The summed E-state index contributed by atoms with van der Waals surface area (Å²) in [6.07, 6.45) is 1.89. The number of hydrogen-bond donors (Lipinski definition) is 1. The first kappa shape index (κ1) is 34.0. The van der Waals surface area contributed by atoms with Crippen molar-refractivity contribution in [3.8, 4) is 45.1 Å². The fourth-order valence-corrected chi connectivity index (χ4v) is 9.33. The largest absolute Gasteiger partial charge is 0.354 e. The first-order valence-electron chi connectivity index (χ1n) is 20.1. The molecule has 0 saturated heterocycles. The van der Waals surface area contributed by atoms with Crippen LogP contribution in [0.15, 0.2) is 164 Å². The van der Waals surface area contributed by atoms with E-state index in [0.717, 1.165) is 61.6 Å². The molecule has 11 aromatic rings. The van der Waals surface area contributed by atoms with Crippen molar-refractivity contribution in [2.75, 3.05) is 0 Å². The minimum atomic E-state index is 0.286. The lowest BCUT2D eigenvalue weighted by Crippen LogP contribution is -2.01. The topological polar surface area (TPSA) is 51.4 Å². The normalized spacial score (nSPS) is 11.9. The van der Waals surface area contributed by atoms with Crippen LogP contribution in [0.2, 0.25) is 0 Å². The van der Waals surface area contributed by atoms with E-state index < -0.39 is 0 Å². The minimum absolute atomic E-state index is 0.286. The van der Waals surface area contributed by atoms with Crippen LogP contribution in [0.3, 0.4) is 0 Å². The Morgan fingerprint density at radius 1 is 0.552 bits per heavy atom. The van der Waals surface area contributed by atoms with Crippen molar-refractivity contribution in [3.05, 3.63) is 181 Å². The van der Waals surface area contributed by atoms with Crippen molar-refractivity contribution in [1.82, 2.24) is 24.1 Å². The number of H-pyrrole nitrogens is 1. The first-order chi connectivity index (χ1) is 28.4. The maximum absolute atomic E-state index is 5.58. The van der Waals surface area contributed by atoms with Gasteiger partial charge >= 0.3 is 0 Å². The Hall–Kier alpha value is -7.24. The summed E-state index contributed by atoms with van der Waals surface area (Å²) in [6, 6.07) is 56.7. The molecule has 278 valence electrons. The lowest BCUT2D eigenvalue weighted by molar-refractivity contribution is 0.868. The van der Waals surface area contributed by atoms with Gasteiger partial charge < -0.3 is 4.98 Å². The molecule has 0 spiro atoms. The van der Waals surface area contributed by atoms with Crippen molar-refractivity contribution in [2.45, 2.75) is 33.6 Å². The lowest BCUT2D eigenvalue weighted by atomic mass is 9.90. The van der Waals surface area contributed by atoms with Gasteiger partial charge in [0.05, 0.1) is 27.6 Å². The van der Waals surface area contributed by atoms with Crippen molar-refractivity contribution in [3.63, 3.8) is 0 Å². The molecule has 0 radical (unpaired) electrons. The van der Waals surface area contributed by atoms with Crippen LogP contribution in [0.25, 0.3) is 99.8 Å². The van der Waals surface area contributed by atoms with Crippen molar-refractivity contribution in [2.24, 2.45) is 0 Å². The van der Waals surface area contributed by atoms with Crippen LogP contribution in [0, 0.1) is 13.8 Å². The highest BCUT2D eigenvalue weighted by Gasteiger charge is 2.23. The molecule has 0 bridgehead atoms. The Morgan fingerprint density at radius 3 is 2.10 bits per heavy atom. The molecular weight excluding hydrogens is 707 g/mol. The standard InChI is InChI=1S/C53H41N5/c1-32(2)43-29-36(49-33(3)15-12-16-34(49)4)30-44-40-27-26-35(31-47(40)58(52(43)44)48-25-10-11-28-54-48)38-20-14-24-46-51(38)56-53(57(46)37-17-6-5-7-18-37)42-22-13-21-41-39-19-8-9-23-45(39)55-50(41)42/h5-32,55H,1-4H3. The van der Waals surface area contributed by atoms with Gasteiger partial charge in [-0.15, -0.1) is 0 Å². The highest BCUT2D eigenvalue weighted by atomic mass is 15.1. The summed E-state index contributed by atoms with van der Waals surface area (Å²) in [5.74, 6) is 2.09. The van der Waals surface area contributed by atoms with E-state index in [2.05, 4.69) is 193 Å². The van der Waals surface area contributed by atoms with Crippen LogP contribution in [-0.4, -0.2) is 24.1 Å². The number of imidazole rings is 1. The van der Waals surface area contributed by atoms with Gasteiger partial charge in [0.15, 0.2) is 0 Å². The third-order valence-corrected chi connectivity index (χ3v) is 12.0. The zero-order valence-electron chi connectivity index (χ0n) is 33.0. The van der Waals surface area contributed by atoms with E-state index in [1.54, 1.807) is 0 Å². The predicted octanol–water partition coefficient (Wildman–Crippen LogP) is 13.9. The molecule has 0 unspecified atom stereocenters. The number of para-hydroxylation sites is 4. The number of aryl methyl sites for hydroxylation is 2. The fraction of sp³-hybridized carbons (Fsp3) is 0.0943. The van der Waals surface area contributed by atoms with Crippen molar-refractivity contribution < 1.29 is 0 Å². The van der Waals surface area contributed by atoms with Gasteiger partial charge in [-0.1, -0.05) is 111 Å². The van der Waals surface area contributed by atoms with E-state index in [-0.39, 0.29) is 5.92 Å². The Morgan fingerprint density at radius 2 is 1.29 bits per heavy atom. The number of pyridine rings is 1. The molecule has 0 saturated carbocycles. The highest BCUT2D eigenvalue weighted by Crippen LogP contribution is 2.43. The maximum atomic E-state index is 5.58. The molecule has 0 fully saturated rings. The number of rotatable bonds is 6. The summed E-state index contributed by atoms with van der Waals surface area (Å²) >= 11 is 0. The zero-order chi connectivity index (χ0) is 39.1. The summed E-state index contributed by atoms with van der Waals surface area (Å²) in [5, 5.41) is 4.83. The van der Waals surface area contributed by atoms with Gasteiger partial charge in [-0.25, -0.2) is 9.97 Å². The second-order valence-electron chi connectivity index (χ2n) is 15.8. The molecule has 0 aliphatic carbocycles. The van der Waals surface area contributed by atoms with Crippen molar-refractivity contribution in [1.29, 1.82) is 0 Å². The van der Waals surface area contributed by atoms with E-state index >= 15 is 0 Å². The zero-order valence-corrected chi connectivity index (χ0v) is 33.0. The van der Waals surface area contributed by atoms with E-state index in [0.29, 0.717) is 0 Å². The van der Waals surface area contributed by atoms with Crippen LogP contribution in [0.4, 0.5) is 0 Å². The van der Waals surface area contributed by atoms with Gasteiger partial charge in [0.2, 0.25) is 0 Å². The first-order valence-corrected chi connectivity index (χ1v) is 20.1. The second kappa shape index (κ2) is 13.2. The van der Waals surface area contributed by atoms with Crippen LogP contribution in [-0.2, 0) is 0 Å². The summed E-state index contributed by atoms with van der Waals surface area (Å²) < 4.78 is 4.69. The second-order valence-corrected chi connectivity index (χ2v) is 15.8. The Balaban J connectivity index is 1.19. The molecule has 0 aliphatic heterocycles. The number of aromatic nitrogens is 5. The Labute approximate surface area is 336 Å². The maximum Gasteiger partial charge on any atom is 0.147 e. The molecule has 1 N–H and O–H groups in total. The third kappa shape index (κ3) is 5.16. The van der Waals surface area contributed by atoms with Crippen LogP contribution < -0.4 is 0 Å². The number of aromatic amines is 1. The molecular formula is C53H41N5. The van der Waals surface area contributed by atoms with Crippen LogP contribution in [0.1, 0.15) is 36.5 Å². The summed E-state index contributed by atoms with van der Waals surface area (Å²) in [7, 11) is 0. The average Bonchev–Trinajstić information content (AvgIpc) is 3.93. The molecule has 4 aromatic heterocycles. The van der Waals surface area contributed by atoms with Gasteiger partial charge in [-0.2, -0.15) is 0 Å². The quantitative estimate of drug-likeness (QED) is 0.184. The van der Waals surface area contributed by atoms with E-state index in [1.165, 1.54) is 54.9 Å². The van der Waals surface area contributed by atoms with Crippen molar-refractivity contribution >= 4 is 54.6 Å². The van der Waals surface area contributed by atoms with Gasteiger partial charge in [-0.3, -0.25) is 9.13 Å². The third-order valence-electron chi connectivity index (χ3n) is 12.0. The number of nitrogens with one attached hydrogen (secondary N) is 1. The summed E-state index contributed by atoms with van der Waals surface area (Å²) in [4.78, 5) is 14.3. The molecule has 11 rings (SSSR count). The van der Waals surface area contributed by atoms with Crippen LogP contribution in [0.5, 0.6) is 0 Å². The molecule has 0 amide bonds. The Bertz CT molecular complexity index is 3360. The fourth-order valence-electron chi connectivity index (χ4n) is 9.33. The molecule has 5 nitrogen and oxygen atoms in total. The Kier molecular flexibility index (Phi) is 7.73. The molecule has 58 heavy (non-hydrogen) atoms. The minimum Gasteiger partial charge on any atom is -0.354 e. The molecule has 4 heterocycles. The van der Waals surface area contributed by atoms with Gasteiger partial charge in [0.1, 0.15) is 11.6 Å². The SMILES string of the molecule is Cc1cccc(C)c1-c1cc(C(C)C)c2c(c1)c1ccc(-c3cccc4c3nc(-c3cccc5c3[nH]c3ccccc35)n4-c3ccccc3)cc1n2-c1ccccn1. The molecule has 0 aliphatic rings. The smallest absolute Gasteiger partial charge is 0.147 e. The molecule has 7 aromatic carbocycles. The number of hydrogen-bond acceptors (Lipinski definition) is 2. The molecule has 5 heteroatoms. The highest BCUT2D eigenvalue weighted by molar-refractivity contribution is 6.14. The summed E-state index contributed by atoms with van der Waals surface area (Å²) in [5.41, 5.74) is 17.3. The number of benzene rings is 7. The van der Waals surface area contributed by atoms with E-state index in [1.807, 2.05) is 12.3 Å². The van der Waals surface area contributed by atoms with Crippen LogP contribution >= 0.6 is 0 Å². The monoisotopic (exact) mass is 747 g/mol. The van der Waals surface area contributed by atoms with E-state index in [4.69, 9.17) is 9.97 Å². The molecule has 0 atom stereocenters. The van der Waals surface area contributed by atoms with Gasteiger partial charge in [0.25, 0.3) is 0 Å². The number of fused-ring (bicyclic) bond motifs is 7. The van der Waals surface area contributed by atoms with E-state index in [9.17, 15) is 0 Å².